The van der Waals surface area contributed by atoms with Crippen LogP contribution in [0.2, 0.25) is 0 Å². The van der Waals surface area contributed by atoms with Crippen LogP contribution in [-0.2, 0) is 12.6 Å². The first-order valence-electron chi connectivity index (χ1n) is 7.71. The molecule has 9 heteroatoms. The molecule has 1 aliphatic rings. The van der Waals surface area contributed by atoms with Gasteiger partial charge in [-0.3, -0.25) is 9.51 Å². The average molecular weight is 363 g/mol. The maximum Gasteiger partial charge on any atom is 0.439 e. The minimum atomic E-state index is -4.40. The topological polar surface area (TPSA) is 81.0 Å². The number of ether oxygens (including phenoxy) is 1. The number of rotatable bonds is 2. The van der Waals surface area contributed by atoms with Crippen LogP contribution in [-0.4, -0.2) is 15.1 Å². The molecule has 0 bridgehead atoms. The van der Waals surface area contributed by atoms with Gasteiger partial charge in [0, 0.05) is 6.42 Å². The third-order valence-electron chi connectivity index (χ3n) is 4.06. The smallest absolute Gasteiger partial charge is 0.439 e. The highest BCUT2D eigenvalue weighted by molar-refractivity contribution is 5.50. The summed E-state index contributed by atoms with van der Waals surface area (Å²) in [6.45, 7) is 1.83. The standard InChI is InChI=1S/C17H12F3N3O3/c1-8-4-11(21-12(5-8)15-22-16(24)26-23-15)14-7-9-6-10(17(18,19)20)2-3-13(9)25-14/h2-6,14H,7H2,1H3,(H,22,23,24). The summed E-state index contributed by atoms with van der Waals surface area (Å²) in [4.78, 5) is 18.0. The molecule has 0 fully saturated rings. The predicted molar refractivity (Wildman–Crippen MR) is 83.6 cm³/mol. The van der Waals surface area contributed by atoms with Crippen LogP contribution in [0.1, 0.15) is 28.5 Å². The van der Waals surface area contributed by atoms with E-state index in [-0.39, 0.29) is 12.2 Å². The lowest BCUT2D eigenvalue weighted by Gasteiger charge is -2.12. The van der Waals surface area contributed by atoms with Gasteiger partial charge >= 0.3 is 11.9 Å². The largest absolute Gasteiger partial charge is 0.483 e. The van der Waals surface area contributed by atoms with Gasteiger partial charge in [-0.2, -0.15) is 13.2 Å². The van der Waals surface area contributed by atoms with E-state index in [0.29, 0.717) is 22.7 Å². The van der Waals surface area contributed by atoms with Gasteiger partial charge in [0.05, 0.1) is 11.3 Å². The lowest BCUT2D eigenvalue weighted by Crippen LogP contribution is -2.07. The number of hydrogen-bond donors (Lipinski definition) is 1. The molecule has 0 amide bonds. The molecule has 1 N–H and O–H groups in total. The van der Waals surface area contributed by atoms with E-state index in [1.807, 2.05) is 6.92 Å². The average Bonchev–Trinajstić information content (AvgIpc) is 3.18. The maximum atomic E-state index is 12.9. The number of aryl methyl sites for hydroxylation is 1. The summed E-state index contributed by atoms with van der Waals surface area (Å²) in [5.41, 5.74) is 1.53. The molecular formula is C17H12F3N3O3. The fraction of sp³-hybridized carbons (Fsp3) is 0.235. The summed E-state index contributed by atoms with van der Waals surface area (Å²) in [5.74, 6) is -0.119. The quantitative estimate of drug-likeness (QED) is 0.754. The molecule has 134 valence electrons. The van der Waals surface area contributed by atoms with Crippen molar-refractivity contribution in [2.75, 3.05) is 0 Å². The minimum Gasteiger partial charge on any atom is -0.483 e. The second-order valence-electron chi connectivity index (χ2n) is 6.03. The van der Waals surface area contributed by atoms with Gasteiger partial charge in [0.15, 0.2) is 0 Å². The lowest BCUT2D eigenvalue weighted by molar-refractivity contribution is -0.137. The third-order valence-corrected chi connectivity index (χ3v) is 4.06. The van der Waals surface area contributed by atoms with Crippen LogP contribution in [0.3, 0.4) is 0 Å². The minimum absolute atomic E-state index is 0.176. The van der Waals surface area contributed by atoms with Gasteiger partial charge < -0.3 is 4.74 Å². The van der Waals surface area contributed by atoms with Crippen molar-refractivity contribution in [2.24, 2.45) is 0 Å². The highest BCUT2D eigenvalue weighted by Gasteiger charge is 2.34. The Hall–Kier alpha value is -3.10. The molecule has 26 heavy (non-hydrogen) atoms. The van der Waals surface area contributed by atoms with E-state index >= 15 is 0 Å². The summed E-state index contributed by atoms with van der Waals surface area (Å²) in [6.07, 6.45) is -4.66. The molecular weight excluding hydrogens is 351 g/mol. The normalized spacial score (nSPS) is 16.4. The summed E-state index contributed by atoms with van der Waals surface area (Å²) >= 11 is 0. The number of alkyl halides is 3. The number of pyridine rings is 1. The van der Waals surface area contributed by atoms with Gasteiger partial charge in [-0.15, -0.1) is 0 Å². The molecule has 0 saturated carbocycles. The lowest BCUT2D eigenvalue weighted by atomic mass is 10.0. The zero-order valence-electron chi connectivity index (χ0n) is 13.4. The Kier molecular flexibility index (Phi) is 3.60. The zero-order chi connectivity index (χ0) is 18.5. The van der Waals surface area contributed by atoms with Crippen LogP contribution in [0, 0.1) is 6.92 Å². The van der Waals surface area contributed by atoms with E-state index in [1.165, 1.54) is 6.07 Å². The van der Waals surface area contributed by atoms with Crippen LogP contribution in [0.25, 0.3) is 11.5 Å². The highest BCUT2D eigenvalue weighted by Crippen LogP contribution is 2.40. The Morgan fingerprint density at radius 1 is 1.23 bits per heavy atom. The summed E-state index contributed by atoms with van der Waals surface area (Å²) in [5, 5.41) is 3.60. The van der Waals surface area contributed by atoms with Gasteiger partial charge in [0.2, 0.25) is 5.82 Å². The summed E-state index contributed by atoms with van der Waals surface area (Å²) < 4.78 is 48.9. The van der Waals surface area contributed by atoms with E-state index < -0.39 is 23.6 Å². The van der Waals surface area contributed by atoms with E-state index in [2.05, 4.69) is 19.6 Å². The number of halogens is 3. The Labute approximate surface area is 144 Å². The first-order chi connectivity index (χ1) is 12.3. The van der Waals surface area contributed by atoms with E-state index in [1.54, 1.807) is 12.1 Å². The molecule has 1 aliphatic heterocycles. The van der Waals surface area contributed by atoms with Crippen LogP contribution in [0.5, 0.6) is 5.75 Å². The van der Waals surface area contributed by atoms with Crippen LogP contribution >= 0.6 is 0 Å². The number of hydrogen-bond acceptors (Lipinski definition) is 5. The van der Waals surface area contributed by atoms with Gasteiger partial charge in [0.25, 0.3) is 0 Å². The Morgan fingerprint density at radius 3 is 2.73 bits per heavy atom. The number of nitrogens with one attached hydrogen (secondary N) is 1. The Morgan fingerprint density at radius 2 is 2.04 bits per heavy atom. The molecule has 0 saturated heterocycles. The number of H-pyrrole nitrogens is 1. The molecule has 1 atom stereocenters. The van der Waals surface area contributed by atoms with Crippen molar-refractivity contribution < 1.29 is 22.4 Å². The van der Waals surface area contributed by atoms with Gasteiger partial charge in [-0.1, -0.05) is 5.16 Å². The molecule has 1 aromatic carbocycles. The summed E-state index contributed by atoms with van der Waals surface area (Å²) in [7, 11) is 0. The van der Waals surface area contributed by atoms with Crippen LogP contribution in [0.4, 0.5) is 13.2 Å². The fourth-order valence-electron chi connectivity index (χ4n) is 2.91. The van der Waals surface area contributed by atoms with Crippen molar-refractivity contribution in [3.8, 4) is 17.3 Å². The van der Waals surface area contributed by atoms with Gasteiger partial charge in [-0.05, 0) is 48.4 Å². The molecule has 6 nitrogen and oxygen atoms in total. The molecule has 1 unspecified atom stereocenters. The third kappa shape index (κ3) is 2.96. The number of benzene rings is 1. The fourth-order valence-corrected chi connectivity index (χ4v) is 2.91. The maximum absolute atomic E-state index is 12.9. The first kappa shape index (κ1) is 16.4. The van der Waals surface area contributed by atoms with Crippen LogP contribution in [0.15, 0.2) is 39.6 Å². The number of fused-ring (bicyclic) bond motifs is 1. The summed E-state index contributed by atoms with van der Waals surface area (Å²) in [6, 6.07) is 6.91. The molecule has 0 spiro atoms. The Bertz CT molecular complexity index is 1040. The van der Waals surface area contributed by atoms with Crippen molar-refractivity contribution in [3.63, 3.8) is 0 Å². The van der Waals surface area contributed by atoms with Crippen molar-refractivity contribution in [1.29, 1.82) is 0 Å². The zero-order valence-corrected chi connectivity index (χ0v) is 13.4. The second-order valence-corrected chi connectivity index (χ2v) is 6.03. The number of aromatic amines is 1. The molecule has 2 aromatic heterocycles. The first-order valence-corrected chi connectivity index (χ1v) is 7.71. The second kappa shape index (κ2) is 5.72. The van der Waals surface area contributed by atoms with E-state index in [0.717, 1.165) is 17.7 Å². The molecule has 3 heterocycles. The molecule has 3 aromatic rings. The number of nitrogens with zero attached hydrogens (tertiary/aromatic N) is 2. The SMILES string of the molecule is Cc1cc(-c2noc(=O)[nH]2)nc(C2Cc3cc(C(F)(F)F)ccc3O2)c1. The molecule has 0 radical (unpaired) electrons. The number of aromatic nitrogens is 3. The van der Waals surface area contributed by atoms with E-state index in [9.17, 15) is 18.0 Å². The van der Waals surface area contributed by atoms with Crippen molar-refractivity contribution in [3.05, 3.63) is 63.3 Å². The van der Waals surface area contributed by atoms with Gasteiger partial charge in [0.1, 0.15) is 17.5 Å². The molecule has 0 aliphatic carbocycles. The monoisotopic (exact) mass is 363 g/mol. The van der Waals surface area contributed by atoms with Crippen molar-refractivity contribution in [2.45, 2.75) is 25.6 Å². The predicted octanol–water partition coefficient (Wildman–Crippen LogP) is 3.43. The Balaban J connectivity index is 1.67. The highest BCUT2D eigenvalue weighted by atomic mass is 19.4. The van der Waals surface area contributed by atoms with Crippen LogP contribution < -0.4 is 10.5 Å². The van der Waals surface area contributed by atoms with Crippen molar-refractivity contribution >= 4 is 0 Å². The van der Waals surface area contributed by atoms with E-state index in [4.69, 9.17) is 4.74 Å². The van der Waals surface area contributed by atoms with Crippen molar-refractivity contribution in [1.82, 2.24) is 15.1 Å². The molecule has 4 rings (SSSR count). The van der Waals surface area contributed by atoms with Gasteiger partial charge in [-0.25, -0.2) is 9.78 Å².